The molecule has 0 aromatic carbocycles. The van der Waals surface area contributed by atoms with Crippen LogP contribution in [0.5, 0.6) is 0 Å². The molecule has 0 unspecified atom stereocenters. The van der Waals surface area contributed by atoms with Gasteiger partial charge in [0.1, 0.15) is 0 Å². The fraction of sp³-hybridized carbons (Fsp3) is 0.733. The van der Waals surface area contributed by atoms with Gasteiger partial charge in [-0.25, -0.2) is 0 Å². The summed E-state index contributed by atoms with van der Waals surface area (Å²) in [6.07, 6.45) is 5.25. The maximum atomic E-state index is 3.59. The minimum atomic E-state index is 0.812. The number of hydrogen-bond acceptors (Lipinski definition) is 3. The Labute approximate surface area is 115 Å². The first-order valence-corrected chi connectivity index (χ1v) is 8.16. The molecule has 2 rings (SSSR count). The van der Waals surface area contributed by atoms with Gasteiger partial charge in [-0.1, -0.05) is 13.8 Å². The molecule has 0 bridgehead atoms. The summed E-state index contributed by atoms with van der Waals surface area (Å²) in [4.78, 5) is 5.58. The minimum Gasteiger partial charge on any atom is -0.309 e. The maximum Gasteiger partial charge on any atom is 0.0328 e. The Morgan fingerprint density at radius 3 is 2.44 bits per heavy atom. The normalized spacial score (nSPS) is 15.5. The highest BCUT2D eigenvalue weighted by molar-refractivity contribution is 7.11. The number of rotatable bonds is 9. The summed E-state index contributed by atoms with van der Waals surface area (Å²) in [7, 11) is 0. The molecule has 1 aliphatic rings. The summed E-state index contributed by atoms with van der Waals surface area (Å²) in [5.41, 5.74) is 0. The van der Waals surface area contributed by atoms with E-state index in [0.29, 0.717) is 0 Å². The van der Waals surface area contributed by atoms with E-state index in [1.807, 2.05) is 11.3 Å². The van der Waals surface area contributed by atoms with Crippen molar-refractivity contribution in [3.63, 3.8) is 0 Å². The van der Waals surface area contributed by atoms with Crippen LogP contribution in [-0.4, -0.2) is 24.0 Å². The van der Waals surface area contributed by atoms with Gasteiger partial charge < -0.3 is 5.32 Å². The Morgan fingerprint density at radius 1 is 1.17 bits per heavy atom. The fourth-order valence-corrected chi connectivity index (χ4v) is 3.27. The van der Waals surface area contributed by atoms with E-state index in [1.165, 1.54) is 48.5 Å². The molecule has 1 aromatic rings. The second-order valence-corrected chi connectivity index (χ2v) is 6.55. The van der Waals surface area contributed by atoms with E-state index in [1.54, 1.807) is 0 Å². The van der Waals surface area contributed by atoms with Gasteiger partial charge in [0.05, 0.1) is 0 Å². The van der Waals surface area contributed by atoms with E-state index in [9.17, 15) is 0 Å². The van der Waals surface area contributed by atoms with Crippen molar-refractivity contribution in [2.24, 2.45) is 0 Å². The van der Waals surface area contributed by atoms with E-state index >= 15 is 0 Å². The molecule has 0 spiro atoms. The number of nitrogens with zero attached hydrogens (tertiary/aromatic N) is 1. The molecule has 1 aromatic heterocycles. The predicted octanol–water partition coefficient (Wildman–Crippen LogP) is 3.62. The van der Waals surface area contributed by atoms with Crippen LogP contribution in [0.25, 0.3) is 0 Å². The summed E-state index contributed by atoms with van der Waals surface area (Å²) >= 11 is 1.98. The molecule has 102 valence electrons. The summed E-state index contributed by atoms with van der Waals surface area (Å²) in [5.74, 6) is 0. The Hall–Kier alpha value is -0.380. The molecule has 1 N–H and O–H groups in total. The van der Waals surface area contributed by atoms with E-state index in [2.05, 4.69) is 36.2 Å². The highest BCUT2D eigenvalue weighted by Gasteiger charge is 2.20. The van der Waals surface area contributed by atoms with Gasteiger partial charge in [0.2, 0.25) is 0 Å². The van der Waals surface area contributed by atoms with Crippen molar-refractivity contribution < 1.29 is 0 Å². The van der Waals surface area contributed by atoms with Crippen molar-refractivity contribution in [1.29, 1.82) is 0 Å². The molecule has 0 saturated heterocycles. The van der Waals surface area contributed by atoms with E-state index in [-0.39, 0.29) is 0 Å². The molecule has 1 heterocycles. The lowest BCUT2D eigenvalue weighted by atomic mass is 10.3. The third kappa shape index (κ3) is 4.71. The quantitative estimate of drug-likeness (QED) is 0.734. The van der Waals surface area contributed by atoms with E-state index < -0.39 is 0 Å². The number of thiophene rings is 1. The van der Waals surface area contributed by atoms with Gasteiger partial charge in [-0.2, -0.15) is 0 Å². The first-order valence-electron chi connectivity index (χ1n) is 7.35. The molecular formula is C15H26N2S. The molecular weight excluding hydrogens is 240 g/mol. The molecule has 1 fully saturated rings. The zero-order chi connectivity index (χ0) is 12.8. The lowest BCUT2D eigenvalue weighted by Gasteiger charge is -2.19. The van der Waals surface area contributed by atoms with Gasteiger partial charge >= 0.3 is 0 Å². The first-order chi connectivity index (χ1) is 8.81. The molecule has 3 heteroatoms. The molecule has 1 saturated carbocycles. The fourth-order valence-electron chi connectivity index (χ4n) is 2.26. The maximum absolute atomic E-state index is 3.59. The van der Waals surface area contributed by atoms with Crippen LogP contribution in [0, 0.1) is 0 Å². The average molecular weight is 266 g/mol. The zero-order valence-electron chi connectivity index (χ0n) is 11.7. The van der Waals surface area contributed by atoms with Gasteiger partial charge in [0.15, 0.2) is 0 Å². The molecule has 1 aliphatic carbocycles. The third-order valence-electron chi connectivity index (χ3n) is 3.32. The molecule has 0 amide bonds. The van der Waals surface area contributed by atoms with Crippen LogP contribution in [0.3, 0.4) is 0 Å². The Balaban J connectivity index is 1.79. The van der Waals surface area contributed by atoms with E-state index in [0.717, 1.165) is 19.1 Å². The molecule has 18 heavy (non-hydrogen) atoms. The highest BCUT2D eigenvalue weighted by atomic mass is 32.1. The van der Waals surface area contributed by atoms with Crippen molar-refractivity contribution >= 4 is 11.3 Å². The van der Waals surface area contributed by atoms with E-state index in [4.69, 9.17) is 0 Å². The van der Waals surface area contributed by atoms with Crippen LogP contribution in [0.2, 0.25) is 0 Å². The van der Waals surface area contributed by atoms with Crippen LogP contribution >= 0.6 is 11.3 Å². The topological polar surface area (TPSA) is 15.3 Å². The predicted molar refractivity (Wildman–Crippen MR) is 80.0 cm³/mol. The molecule has 2 nitrogen and oxygen atoms in total. The van der Waals surface area contributed by atoms with Crippen molar-refractivity contribution in [2.75, 3.05) is 13.1 Å². The summed E-state index contributed by atoms with van der Waals surface area (Å²) < 4.78 is 0. The van der Waals surface area contributed by atoms with Gasteiger partial charge in [0, 0.05) is 28.9 Å². The lowest BCUT2D eigenvalue weighted by Crippen LogP contribution is -2.24. The third-order valence-corrected chi connectivity index (χ3v) is 4.39. The number of hydrogen-bond donors (Lipinski definition) is 1. The summed E-state index contributed by atoms with van der Waals surface area (Å²) in [5, 5.41) is 3.59. The SMILES string of the molecule is CCCN(CCC)Cc1ccc(CNC2CC2)s1. The second kappa shape index (κ2) is 7.27. The van der Waals surface area contributed by atoms with Crippen molar-refractivity contribution in [3.05, 3.63) is 21.9 Å². The van der Waals surface area contributed by atoms with Crippen molar-refractivity contribution in [2.45, 2.75) is 58.7 Å². The highest BCUT2D eigenvalue weighted by Crippen LogP contribution is 2.22. The summed E-state index contributed by atoms with van der Waals surface area (Å²) in [6.45, 7) is 9.18. The first kappa shape index (κ1) is 14.0. The molecule has 0 atom stereocenters. The van der Waals surface area contributed by atoms with Gasteiger partial charge in [-0.15, -0.1) is 11.3 Å². The van der Waals surface area contributed by atoms with Crippen LogP contribution in [0.4, 0.5) is 0 Å². The van der Waals surface area contributed by atoms with Gasteiger partial charge in [-0.3, -0.25) is 4.90 Å². The molecule has 0 radical (unpaired) electrons. The smallest absolute Gasteiger partial charge is 0.0328 e. The Morgan fingerprint density at radius 2 is 1.83 bits per heavy atom. The Bertz CT molecular complexity index is 338. The van der Waals surface area contributed by atoms with Crippen LogP contribution in [0.15, 0.2) is 12.1 Å². The standard InChI is InChI=1S/C15H26N2S/c1-3-9-17(10-4-2)12-15-8-7-14(18-15)11-16-13-5-6-13/h7-8,13,16H,3-6,9-12H2,1-2H3. The largest absolute Gasteiger partial charge is 0.309 e. The minimum absolute atomic E-state index is 0.812. The second-order valence-electron chi connectivity index (χ2n) is 5.30. The van der Waals surface area contributed by atoms with Gasteiger partial charge in [-0.05, 0) is 50.9 Å². The zero-order valence-corrected chi connectivity index (χ0v) is 12.6. The van der Waals surface area contributed by atoms with Crippen LogP contribution in [-0.2, 0) is 13.1 Å². The van der Waals surface area contributed by atoms with Crippen molar-refractivity contribution in [3.8, 4) is 0 Å². The van der Waals surface area contributed by atoms with Crippen molar-refractivity contribution in [1.82, 2.24) is 10.2 Å². The monoisotopic (exact) mass is 266 g/mol. The number of nitrogens with one attached hydrogen (secondary N) is 1. The lowest BCUT2D eigenvalue weighted by molar-refractivity contribution is 0.269. The van der Waals surface area contributed by atoms with Gasteiger partial charge in [0.25, 0.3) is 0 Å². The average Bonchev–Trinajstić information content (AvgIpc) is 3.08. The Kier molecular flexibility index (Phi) is 5.67. The van der Waals surface area contributed by atoms with Crippen LogP contribution in [0.1, 0.15) is 49.3 Å². The van der Waals surface area contributed by atoms with Crippen LogP contribution < -0.4 is 5.32 Å². The summed E-state index contributed by atoms with van der Waals surface area (Å²) in [6, 6.07) is 5.42. The molecule has 0 aliphatic heterocycles.